The predicted octanol–water partition coefficient (Wildman–Crippen LogP) is 5.64. The number of aromatic nitrogens is 2. The zero-order valence-corrected chi connectivity index (χ0v) is 15.2. The van der Waals surface area contributed by atoms with Crippen molar-refractivity contribution in [3.8, 4) is 0 Å². The van der Waals surface area contributed by atoms with Crippen LogP contribution in [0.1, 0.15) is 23.4 Å². The minimum absolute atomic E-state index is 0.275. The lowest BCUT2D eigenvalue weighted by Gasteiger charge is -2.30. The van der Waals surface area contributed by atoms with E-state index in [-0.39, 0.29) is 4.32 Å². The summed E-state index contributed by atoms with van der Waals surface area (Å²) in [5.41, 5.74) is 5.50. The molecule has 0 aliphatic heterocycles. The summed E-state index contributed by atoms with van der Waals surface area (Å²) in [5.74, 6) is 0. The Morgan fingerprint density at radius 2 is 1.40 bits per heavy atom. The van der Waals surface area contributed by atoms with Gasteiger partial charge in [-0.05, 0) is 53.5 Å². The normalized spacial score (nSPS) is 19.9. The van der Waals surface area contributed by atoms with Crippen LogP contribution in [0.4, 0.5) is 0 Å². The van der Waals surface area contributed by atoms with Crippen molar-refractivity contribution in [1.82, 2.24) is 9.97 Å². The minimum atomic E-state index is -0.275. The first-order valence-electron chi connectivity index (χ1n) is 8.25. The van der Waals surface area contributed by atoms with E-state index in [1.807, 2.05) is 48.8 Å². The zero-order valence-electron chi connectivity index (χ0n) is 13.6. The van der Waals surface area contributed by atoms with Crippen LogP contribution < -0.4 is 0 Å². The third kappa shape index (κ3) is 3.33. The summed E-state index contributed by atoms with van der Waals surface area (Å²) < 4.78 is -0.275. The van der Waals surface area contributed by atoms with E-state index < -0.39 is 0 Å². The summed E-state index contributed by atoms with van der Waals surface area (Å²) in [4.78, 5) is 9.09. The number of pyridine rings is 2. The van der Waals surface area contributed by atoms with E-state index in [2.05, 4.69) is 68.4 Å². The first-order chi connectivity index (χ1) is 12.2. The van der Waals surface area contributed by atoms with Crippen molar-refractivity contribution in [3.63, 3.8) is 0 Å². The fraction of sp³-hybridized carbons (Fsp3) is 0.0909. The molecule has 2 heterocycles. The van der Waals surface area contributed by atoms with E-state index in [1.165, 1.54) is 11.1 Å². The molecule has 0 radical (unpaired) electrons. The van der Waals surface area contributed by atoms with Gasteiger partial charge in [-0.1, -0.05) is 64.5 Å². The molecule has 0 spiro atoms. The number of alkyl halides is 1. The van der Waals surface area contributed by atoms with Gasteiger partial charge in [0.25, 0.3) is 0 Å². The molecule has 1 aromatic carbocycles. The number of benzene rings is 1. The molecule has 2 nitrogen and oxygen atoms in total. The first-order valence-corrected chi connectivity index (χ1v) is 9.05. The lowest BCUT2D eigenvalue weighted by molar-refractivity contribution is 0.809. The van der Waals surface area contributed by atoms with Crippen LogP contribution in [-0.4, -0.2) is 9.97 Å². The molecule has 1 atom stereocenters. The lowest BCUT2D eigenvalue weighted by atomic mass is 9.83. The van der Waals surface area contributed by atoms with Crippen molar-refractivity contribution in [2.24, 2.45) is 0 Å². The SMILES string of the molecule is BrC1(c2ccccc2)C=C(c2ccccn2)C=C(c2ccccn2)C1. The second kappa shape index (κ2) is 6.77. The monoisotopic (exact) mass is 388 g/mol. The van der Waals surface area contributed by atoms with Gasteiger partial charge in [-0.3, -0.25) is 9.97 Å². The van der Waals surface area contributed by atoms with E-state index >= 15 is 0 Å². The van der Waals surface area contributed by atoms with Gasteiger partial charge in [0.1, 0.15) is 0 Å². The molecule has 122 valence electrons. The van der Waals surface area contributed by atoms with E-state index in [0.717, 1.165) is 23.4 Å². The molecule has 1 unspecified atom stereocenters. The lowest BCUT2D eigenvalue weighted by Crippen LogP contribution is -2.19. The zero-order chi connectivity index (χ0) is 17.1. The highest BCUT2D eigenvalue weighted by atomic mass is 79.9. The summed E-state index contributed by atoms with van der Waals surface area (Å²) in [6.07, 6.45) is 8.97. The van der Waals surface area contributed by atoms with Gasteiger partial charge in [-0.15, -0.1) is 0 Å². The van der Waals surface area contributed by atoms with Gasteiger partial charge >= 0.3 is 0 Å². The number of hydrogen-bond donors (Lipinski definition) is 0. The van der Waals surface area contributed by atoms with Gasteiger partial charge in [0, 0.05) is 12.4 Å². The Morgan fingerprint density at radius 3 is 2.04 bits per heavy atom. The summed E-state index contributed by atoms with van der Waals surface area (Å²) >= 11 is 4.01. The van der Waals surface area contributed by atoms with Gasteiger partial charge in [0.2, 0.25) is 0 Å². The number of allylic oxidation sites excluding steroid dienone is 4. The first kappa shape index (κ1) is 16.0. The summed E-state index contributed by atoms with van der Waals surface area (Å²) in [5, 5.41) is 0. The molecule has 0 bridgehead atoms. The number of hydrogen-bond acceptors (Lipinski definition) is 2. The van der Waals surface area contributed by atoms with Crippen molar-refractivity contribution < 1.29 is 0 Å². The smallest absolute Gasteiger partial charge is 0.0736 e. The third-order valence-electron chi connectivity index (χ3n) is 4.37. The molecule has 0 N–H and O–H groups in total. The van der Waals surface area contributed by atoms with Crippen molar-refractivity contribution >= 4 is 27.1 Å². The Labute approximate surface area is 156 Å². The quantitative estimate of drug-likeness (QED) is 0.542. The molecule has 4 rings (SSSR count). The molecule has 0 saturated heterocycles. The molecule has 3 heteroatoms. The fourth-order valence-corrected chi connectivity index (χ4v) is 3.97. The standard InChI is InChI=1S/C22H17BrN2/c23-22(19-8-2-1-3-9-19)15-17(20-10-4-6-12-24-20)14-18(16-22)21-11-5-7-13-25-21/h1-15H,16H2. The van der Waals surface area contributed by atoms with Gasteiger partial charge in [0.05, 0.1) is 15.7 Å². The highest BCUT2D eigenvalue weighted by Gasteiger charge is 2.32. The molecular formula is C22H17BrN2. The van der Waals surface area contributed by atoms with Gasteiger partial charge in [-0.2, -0.15) is 0 Å². The maximum atomic E-state index is 4.55. The van der Waals surface area contributed by atoms with Gasteiger partial charge in [0.15, 0.2) is 0 Å². The highest BCUT2D eigenvalue weighted by molar-refractivity contribution is 9.09. The topological polar surface area (TPSA) is 25.8 Å². The molecular weight excluding hydrogens is 372 g/mol. The van der Waals surface area contributed by atoms with Crippen LogP contribution >= 0.6 is 15.9 Å². The molecule has 2 aromatic heterocycles. The van der Waals surface area contributed by atoms with Crippen molar-refractivity contribution in [2.75, 3.05) is 0 Å². The predicted molar refractivity (Wildman–Crippen MR) is 106 cm³/mol. The number of halogens is 1. The maximum Gasteiger partial charge on any atom is 0.0736 e. The molecule has 3 aromatic rings. The number of rotatable bonds is 3. The minimum Gasteiger partial charge on any atom is -0.257 e. The average molecular weight is 389 g/mol. The van der Waals surface area contributed by atoms with Gasteiger partial charge < -0.3 is 0 Å². The average Bonchev–Trinajstić information content (AvgIpc) is 2.70. The van der Waals surface area contributed by atoms with E-state index in [1.54, 1.807) is 0 Å². The molecule has 25 heavy (non-hydrogen) atoms. The molecule has 1 aliphatic carbocycles. The summed E-state index contributed by atoms with van der Waals surface area (Å²) in [7, 11) is 0. The van der Waals surface area contributed by atoms with E-state index in [4.69, 9.17) is 0 Å². The Bertz CT molecular complexity index is 918. The van der Waals surface area contributed by atoms with Crippen LogP contribution in [0.5, 0.6) is 0 Å². The van der Waals surface area contributed by atoms with Crippen LogP contribution in [0.2, 0.25) is 0 Å². The van der Waals surface area contributed by atoms with Crippen LogP contribution in [0.25, 0.3) is 11.1 Å². The van der Waals surface area contributed by atoms with Crippen molar-refractivity contribution in [3.05, 3.63) is 108 Å². The third-order valence-corrected chi connectivity index (χ3v) is 5.34. The Morgan fingerprint density at radius 1 is 0.760 bits per heavy atom. The summed E-state index contributed by atoms with van der Waals surface area (Å²) in [6, 6.07) is 22.5. The van der Waals surface area contributed by atoms with Crippen molar-refractivity contribution in [1.29, 1.82) is 0 Å². The van der Waals surface area contributed by atoms with Crippen LogP contribution in [0.3, 0.4) is 0 Å². The Balaban J connectivity index is 1.85. The Kier molecular flexibility index (Phi) is 4.33. The van der Waals surface area contributed by atoms with E-state index in [9.17, 15) is 0 Å². The number of nitrogens with zero attached hydrogens (tertiary/aromatic N) is 2. The van der Waals surface area contributed by atoms with Crippen LogP contribution in [-0.2, 0) is 4.32 Å². The molecule has 1 aliphatic rings. The fourth-order valence-electron chi connectivity index (χ4n) is 3.15. The largest absolute Gasteiger partial charge is 0.257 e. The maximum absolute atomic E-state index is 4.55. The van der Waals surface area contributed by atoms with Gasteiger partial charge in [-0.25, -0.2) is 0 Å². The summed E-state index contributed by atoms with van der Waals surface area (Å²) in [6.45, 7) is 0. The second-order valence-corrected chi connectivity index (χ2v) is 7.52. The molecule has 0 amide bonds. The highest BCUT2D eigenvalue weighted by Crippen LogP contribution is 2.46. The van der Waals surface area contributed by atoms with Crippen LogP contribution in [0.15, 0.2) is 91.3 Å². The second-order valence-electron chi connectivity index (χ2n) is 6.10. The molecule has 0 saturated carbocycles. The van der Waals surface area contributed by atoms with Crippen molar-refractivity contribution in [2.45, 2.75) is 10.7 Å². The van der Waals surface area contributed by atoms with Crippen LogP contribution in [0, 0.1) is 0 Å². The Hall–Kier alpha value is -2.52. The molecule has 0 fully saturated rings. The van der Waals surface area contributed by atoms with E-state index in [0.29, 0.717) is 0 Å².